The van der Waals surface area contributed by atoms with Crippen LogP contribution in [0, 0.1) is 5.82 Å². The molecule has 2 aromatic rings. The van der Waals surface area contributed by atoms with Gasteiger partial charge in [0.05, 0.1) is 0 Å². The SMILES string of the molecule is O=C(NC1CCCN(Cc2ccccc2)C1)c1ccc(F)c(S(=O)(=O)N2CCCCC2)c1. The van der Waals surface area contributed by atoms with Gasteiger partial charge in [0.2, 0.25) is 10.0 Å². The Morgan fingerprint density at radius 2 is 1.75 bits per heavy atom. The molecule has 0 aromatic heterocycles. The van der Waals surface area contributed by atoms with Crippen LogP contribution in [0.1, 0.15) is 48.0 Å². The van der Waals surface area contributed by atoms with Crippen LogP contribution in [0.3, 0.4) is 0 Å². The van der Waals surface area contributed by atoms with Gasteiger partial charge in [-0.1, -0.05) is 36.8 Å². The molecule has 1 unspecified atom stereocenters. The molecule has 6 nitrogen and oxygen atoms in total. The van der Waals surface area contributed by atoms with Crippen LogP contribution in [0.25, 0.3) is 0 Å². The molecular weight excluding hydrogens is 429 g/mol. The summed E-state index contributed by atoms with van der Waals surface area (Å²) in [6.45, 7) is 3.29. The number of carbonyl (C=O) groups is 1. The van der Waals surface area contributed by atoms with Gasteiger partial charge in [0.25, 0.3) is 5.91 Å². The van der Waals surface area contributed by atoms with Crippen molar-refractivity contribution in [2.75, 3.05) is 26.2 Å². The Kier molecular flexibility index (Phi) is 7.23. The van der Waals surface area contributed by atoms with Gasteiger partial charge in [-0.2, -0.15) is 4.31 Å². The Morgan fingerprint density at radius 3 is 2.50 bits per heavy atom. The second-order valence-corrected chi connectivity index (χ2v) is 10.5. The predicted octanol–water partition coefficient (Wildman–Crippen LogP) is 3.39. The van der Waals surface area contributed by atoms with Crippen molar-refractivity contribution in [3.05, 3.63) is 65.5 Å². The number of nitrogens with one attached hydrogen (secondary N) is 1. The van der Waals surface area contributed by atoms with Crippen LogP contribution in [-0.2, 0) is 16.6 Å². The summed E-state index contributed by atoms with van der Waals surface area (Å²) in [5.41, 5.74) is 1.40. The number of hydrogen-bond acceptors (Lipinski definition) is 4. The quantitative estimate of drug-likeness (QED) is 0.719. The monoisotopic (exact) mass is 459 g/mol. The van der Waals surface area contributed by atoms with E-state index in [1.165, 1.54) is 22.0 Å². The van der Waals surface area contributed by atoms with Crippen LogP contribution < -0.4 is 5.32 Å². The van der Waals surface area contributed by atoms with E-state index in [0.717, 1.165) is 57.8 Å². The highest BCUT2D eigenvalue weighted by Gasteiger charge is 2.30. The number of benzene rings is 2. The molecule has 32 heavy (non-hydrogen) atoms. The van der Waals surface area contributed by atoms with Crippen molar-refractivity contribution in [1.29, 1.82) is 0 Å². The Morgan fingerprint density at radius 1 is 1.00 bits per heavy atom. The number of carbonyl (C=O) groups excluding carboxylic acids is 1. The molecule has 2 aliphatic rings. The molecule has 0 saturated carbocycles. The van der Waals surface area contributed by atoms with E-state index >= 15 is 0 Å². The van der Waals surface area contributed by atoms with Crippen LogP contribution in [-0.4, -0.2) is 55.8 Å². The Hall–Kier alpha value is -2.29. The van der Waals surface area contributed by atoms with Gasteiger partial charge >= 0.3 is 0 Å². The Bertz CT molecular complexity index is 1040. The van der Waals surface area contributed by atoms with E-state index in [4.69, 9.17) is 0 Å². The molecule has 2 heterocycles. The van der Waals surface area contributed by atoms with Gasteiger partial charge in [-0.3, -0.25) is 9.69 Å². The van der Waals surface area contributed by atoms with Gasteiger partial charge in [0, 0.05) is 37.8 Å². The number of hydrogen-bond donors (Lipinski definition) is 1. The third-order valence-electron chi connectivity index (χ3n) is 6.22. The van der Waals surface area contributed by atoms with E-state index in [2.05, 4.69) is 22.3 Å². The lowest BCUT2D eigenvalue weighted by atomic mass is 10.0. The minimum Gasteiger partial charge on any atom is -0.348 e. The van der Waals surface area contributed by atoms with Gasteiger partial charge in [-0.15, -0.1) is 0 Å². The maximum Gasteiger partial charge on any atom is 0.251 e. The maximum atomic E-state index is 14.5. The summed E-state index contributed by atoms with van der Waals surface area (Å²) in [6, 6.07) is 13.8. The molecule has 1 amide bonds. The lowest BCUT2D eigenvalue weighted by molar-refractivity contribution is 0.0900. The summed E-state index contributed by atoms with van der Waals surface area (Å²) >= 11 is 0. The number of piperidine rings is 2. The molecule has 4 rings (SSSR count). The zero-order chi connectivity index (χ0) is 22.6. The summed E-state index contributed by atoms with van der Waals surface area (Å²) in [4.78, 5) is 14.8. The summed E-state index contributed by atoms with van der Waals surface area (Å²) in [5.74, 6) is -1.19. The van der Waals surface area contributed by atoms with Gasteiger partial charge in [-0.25, -0.2) is 12.8 Å². The highest BCUT2D eigenvalue weighted by molar-refractivity contribution is 7.89. The van der Waals surface area contributed by atoms with E-state index in [1.807, 2.05) is 18.2 Å². The first-order valence-electron chi connectivity index (χ1n) is 11.3. The second kappa shape index (κ2) is 10.1. The standard InChI is InChI=1S/C24H30FN3O3S/c25-22-12-11-20(16-23(22)32(30,31)28-14-5-2-6-15-28)24(29)26-21-10-7-13-27(18-21)17-19-8-3-1-4-9-19/h1,3-4,8-9,11-12,16,21H,2,5-7,10,13-15,17-18H2,(H,26,29). The number of rotatable bonds is 6. The molecule has 0 radical (unpaired) electrons. The average Bonchev–Trinajstić information content (AvgIpc) is 2.80. The van der Waals surface area contributed by atoms with Gasteiger partial charge in [0.15, 0.2) is 0 Å². The second-order valence-electron chi connectivity index (χ2n) is 8.64. The molecule has 0 bridgehead atoms. The predicted molar refractivity (Wildman–Crippen MR) is 121 cm³/mol. The largest absolute Gasteiger partial charge is 0.348 e. The highest BCUT2D eigenvalue weighted by atomic mass is 32.2. The third-order valence-corrected chi connectivity index (χ3v) is 8.13. The van der Waals surface area contributed by atoms with Crippen molar-refractivity contribution in [1.82, 2.24) is 14.5 Å². The molecule has 1 N–H and O–H groups in total. The normalized spacial score (nSPS) is 20.7. The summed E-state index contributed by atoms with van der Waals surface area (Å²) < 4.78 is 41.6. The van der Waals surface area contributed by atoms with Crippen molar-refractivity contribution in [2.45, 2.75) is 49.6 Å². The maximum absolute atomic E-state index is 14.5. The third kappa shape index (κ3) is 5.36. The van der Waals surface area contributed by atoms with Crippen LogP contribution in [0.4, 0.5) is 4.39 Å². The lowest BCUT2D eigenvalue weighted by Crippen LogP contribution is -2.47. The molecule has 172 valence electrons. The zero-order valence-electron chi connectivity index (χ0n) is 18.2. The first-order chi connectivity index (χ1) is 15.4. The van der Waals surface area contributed by atoms with Crippen molar-refractivity contribution in [3.8, 4) is 0 Å². The van der Waals surface area contributed by atoms with Crippen LogP contribution in [0.15, 0.2) is 53.4 Å². The zero-order valence-corrected chi connectivity index (χ0v) is 19.0. The first-order valence-corrected chi connectivity index (χ1v) is 12.7. The van der Waals surface area contributed by atoms with Crippen LogP contribution in [0.5, 0.6) is 0 Å². The van der Waals surface area contributed by atoms with Crippen molar-refractivity contribution < 1.29 is 17.6 Å². The summed E-state index contributed by atoms with van der Waals surface area (Å²) in [6.07, 6.45) is 4.33. The fourth-order valence-electron chi connectivity index (χ4n) is 4.51. The molecular formula is C24H30FN3O3S. The Balaban J connectivity index is 1.43. The number of sulfonamides is 1. The molecule has 2 aromatic carbocycles. The van der Waals surface area contributed by atoms with Crippen LogP contribution >= 0.6 is 0 Å². The smallest absolute Gasteiger partial charge is 0.251 e. The van der Waals surface area contributed by atoms with Crippen molar-refractivity contribution >= 4 is 15.9 Å². The molecule has 0 aliphatic carbocycles. The average molecular weight is 460 g/mol. The Labute approximate surface area is 189 Å². The number of amides is 1. The minimum absolute atomic E-state index is 0.0350. The number of nitrogens with zero attached hydrogens (tertiary/aromatic N) is 2. The molecule has 2 saturated heterocycles. The molecule has 1 atom stereocenters. The summed E-state index contributed by atoms with van der Waals surface area (Å²) in [5, 5.41) is 3.02. The number of likely N-dealkylation sites (tertiary alicyclic amines) is 1. The van der Waals surface area contributed by atoms with Crippen molar-refractivity contribution in [2.24, 2.45) is 0 Å². The number of halogens is 1. The molecule has 2 aliphatic heterocycles. The minimum atomic E-state index is -3.96. The van der Waals surface area contributed by atoms with E-state index in [9.17, 15) is 17.6 Å². The van der Waals surface area contributed by atoms with Crippen LogP contribution in [0.2, 0.25) is 0 Å². The van der Waals surface area contributed by atoms with Gasteiger partial charge < -0.3 is 5.32 Å². The van der Waals surface area contributed by atoms with E-state index in [1.54, 1.807) is 0 Å². The molecule has 0 spiro atoms. The first kappa shape index (κ1) is 22.9. The molecule has 2 fully saturated rings. The lowest BCUT2D eigenvalue weighted by Gasteiger charge is -2.33. The topological polar surface area (TPSA) is 69.7 Å². The van der Waals surface area contributed by atoms with Gasteiger partial charge in [-0.05, 0) is 56.0 Å². The fraction of sp³-hybridized carbons (Fsp3) is 0.458. The van der Waals surface area contributed by atoms with E-state index in [0.29, 0.717) is 13.1 Å². The molecule has 8 heteroatoms. The van der Waals surface area contributed by atoms with E-state index < -0.39 is 20.7 Å². The summed E-state index contributed by atoms with van der Waals surface area (Å²) in [7, 11) is -3.96. The van der Waals surface area contributed by atoms with E-state index in [-0.39, 0.29) is 17.5 Å². The highest BCUT2D eigenvalue weighted by Crippen LogP contribution is 2.24. The van der Waals surface area contributed by atoms with Gasteiger partial charge in [0.1, 0.15) is 10.7 Å². The van der Waals surface area contributed by atoms with Crippen molar-refractivity contribution in [3.63, 3.8) is 0 Å². The fourth-order valence-corrected chi connectivity index (χ4v) is 6.12.